The lowest BCUT2D eigenvalue weighted by molar-refractivity contribution is 0.504. The second-order valence-corrected chi connectivity index (χ2v) is 5.48. The van der Waals surface area contributed by atoms with Gasteiger partial charge in [0.2, 0.25) is 6.85 Å². The maximum absolute atomic E-state index is 3.56. The highest BCUT2D eigenvalue weighted by Gasteiger charge is 2.27. The summed E-state index contributed by atoms with van der Waals surface area (Å²) >= 11 is 0. The Morgan fingerprint density at radius 2 is 1.27 bits per heavy atom. The van der Waals surface area contributed by atoms with E-state index in [9.17, 15) is 0 Å². The molecule has 0 radical (unpaired) electrons. The molecular formula is C9H22BN. The molecule has 0 aliphatic rings. The van der Waals surface area contributed by atoms with Crippen LogP contribution in [0.4, 0.5) is 0 Å². The molecule has 0 fully saturated rings. The highest BCUT2D eigenvalue weighted by molar-refractivity contribution is 6.58. The summed E-state index contributed by atoms with van der Waals surface area (Å²) in [6.07, 6.45) is 0. The fourth-order valence-electron chi connectivity index (χ4n) is 0.866. The van der Waals surface area contributed by atoms with E-state index in [2.05, 4.69) is 53.6 Å². The summed E-state index contributed by atoms with van der Waals surface area (Å²) in [5.41, 5.74) is 0.229. The van der Waals surface area contributed by atoms with Crippen LogP contribution in [0.3, 0.4) is 0 Å². The maximum Gasteiger partial charge on any atom is 0.223 e. The van der Waals surface area contributed by atoms with Crippen molar-refractivity contribution in [2.24, 2.45) is 0 Å². The van der Waals surface area contributed by atoms with E-state index in [-0.39, 0.29) is 5.54 Å². The number of rotatable bonds is 1. The smallest absolute Gasteiger partial charge is 0.223 e. The summed E-state index contributed by atoms with van der Waals surface area (Å²) < 4.78 is 0. The predicted molar refractivity (Wildman–Crippen MR) is 54.2 cm³/mol. The lowest BCUT2D eigenvalue weighted by atomic mass is 9.45. The average Bonchev–Trinajstić information content (AvgIpc) is 1.56. The van der Waals surface area contributed by atoms with Crippen LogP contribution in [0.15, 0.2) is 0 Å². The van der Waals surface area contributed by atoms with Crippen molar-refractivity contribution >= 4 is 6.85 Å². The first kappa shape index (κ1) is 11.0. The number of hydrogen-bond acceptors (Lipinski definition) is 1. The van der Waals surface area contributed by atoms with E-state index in [1.54, 1.807) is 0 Å². The lowest BCUT2D eigenvalue weighted by Crippen LogP contribution is -2.49. The molecule has 0 aromatic carbocycles. The van der Waals surface area contributed by atoms with Crippen molar-refractivity contribution in [2.75, 3.05) is 0 Å². The van der Waals surface area contributed by atoms with Crippen LogP contribution >= 0.6 is 0 Å². The zero-order valence-electron chi connectivity index (χ0n) is 9.08. The molecule has 0 unspecified atom stereocenters. The van der Waals surface area contributed by atoms with E-state index in [0.717, 1.165) is 0 Å². The third-order valence-corrected chi connectivity index (χ3v) is 1.95. The monoisotopic (exact) mass is 155 g/mol. The Bertz CT molecular complexity index is 119. The molecule has 1 nitrogen and oxygen atoms in total. The van der Waals surface area contributed by atoms with Crippen molar-refractivity contribution < 1.29 is 0 Å². The fourth-order valence-corrected chi connectivity index (χ4v) is 0.866. The molecule has 2 heteroatoms. The molecule has 0 spiro atoms. The summed E-state index contributed by atoms with van der Waals surface area (Å²) in [5, 5.41) is 3.91. The maximum atomic E-state index is 3.56. The van der Waals surface area contributed by atoms with Crippen LogP contribution in [0.2, 0.25) is 12.1 Å². The van der Waals surface area contributed by atoms with Gasteiger partial charge in [-0.2, -0.15) is 0 Å². The van der Waals surface area contributed by atoms with E-state index < -0.39 is 0 Å². The van der Waals surface area contributed by atoms with Gasteiger partial charge in [-0.15, -0.1) is 0 Å². The number of hydrogen-bond donors (Lipinski definition) is 1. The highest BCUT2D eigenvalue weighted by Crippen LogP contribution is 2.25. The van der Waals surface area contributed by atoms with Crippen molar-refractivity contribution in [3.05, 3.63) is 0 Å². The molecule has 0 heterocycles. The Kier molecular flexibility index (Phi) is 3.19. The van der Waals surface area contributed by atoms with Gasteiger partial charge in [-0.05, 0) is 31.6 Å². The second kappa shape index (κ2) is 3.18. The lowest BCUT2D eigenvalue weighted by Gasteiger charge is -2.32. The van der Waals surface area contributed by atoms with Gasteiger partial charge in [0, 0.05) is 0 Å². The standard InChI is InChI=1S/C9H22BN/c1-8(2,3)10(7)11-9(4,5)6/h11H,1-7H3. The van der Waals surface area contributed by atoms with Gasteiger partial charge >= 0.3 is 0 Å². The molecule has 0 saturated heterocycles. The quantitative estimate of drug-likeness (QED) is 0.574. The van der Waals surface area contributed by atoms with Crippen LogP contribution in [0.1, 0.15) is 41.5 Å². The first-order valence-corrected chi connectivity index (χ1v) is 4.40. The average molecular weight is 155 g/mol. The van der Waals surface area contributed by atoms with Gasteiger partial charge < -0.3 is 5.23 Å². The molecule has 0 aliphatic carbocycles. The molecule has 0 aliphatic heterocycles. The number of nitrogens with one attached hydrogen (secondary N) is 1. The van der Waals surface area contributed by atoms with E-state index in [1.807, 2.05) is 0 Å². The van der Waals surface area contributed by atoms with Gasteiger partial charge in [0.15, 0.2) is 0 Å². The van der Waals surface area contributed by atoms with Gasteiger partial charge in [-0.3, -0.25) is 0 Å². The van der Waals surface area contributed by atoms with Gasteiger partial charge in [0.25, 0.3) is 0 Å². The topological polar surface area (TPSA) is 12.0 Å². The Morgan fingerprint density at radius 1 is 0.909 bits per heavy atom. The Hall–Kier alpha value is 0.0249. The van der Waals surface area contributed by atoms with Crippen molar-refractivity contribution in [3.63, 3.8) is 0 Å². The van der Waals surface area contributed by atoms with Crippen LogP contribution < -0.4 is 5.23 Å². The minimum absolute atomic E-state index is 0.229. The molecule has 11 heavy (non-hydrogen) atoms. The Balaban J connectivity index is 3.99. The first-order chi connectivity index (χ1) is 4.63. The van der Waals surface area contributed by atoms with Crippen LogP contribution in [-0.4, -0.2) is 12.4 Å². The molecule has 0 saturated carbocycles. The van der Waals surface area contributed by atoms with Gasteiger partial charge in [0.05, 0.1) is 0 Å². The van der Waals surface area contributed by atoms with Gasteiger partial charge in [0.1, 0.15) is 0 Å². The fraction of sp³-hybridized carbons (Fsp3) is 1.00. The molecule has 0 aromatic heterocycles. The van der Waals surface area contributed by atoms with E-state index in [1.165, 1.54) is 0 Å². The molecule has 0 amide bonds. The van der Waals surface area contributed by atoms with Crippen LogP contribution in [0.5, 0.6) is 0 Å². The molecule has 0 atom stereocenters. The molecule has 0 bridgehead atoms. The summed E-state index contributed by atoms with van der Waals surface area (Å²) in [7, 11) is 0. The third kappa shape index (κ3) is 5.31. The van der Waals surface area contributed by atoms with Crippen molar-refractivity contribution in [1.82, 2.24) is 5.23 Å². The minimum Gasteiger partial charge on any atom is -0.351 e. The van der Waals surface area contributed by atoms with Gasteiger partial charge in [-0.25, -0.2) is 0 Å². The summed E-state index contributed by atoms with van der Waals surface area (Å²) in [5.74, 6) is 0. The molecule has 1 N–H and O–H groups in total. The van der Waals surface area contributed by atoms with Crippen molar-refractivity contribution in [3.8, 4) is 0 Å². The van der Waals surface area contributed by atoms with E-state index >= 15 is 0 Å². The van der Waals surface area contributed by atoms with Crippen LogP contribution in [-0.2, 0) is 0 Å². The molecular weight excluding hydrogens is 133 g/mol. The third-order valence-electron chi connectivity index (χ3n) is 1.95. The minimum atomic E-state index is 0.229. The summed E-state index contributed by atoms with van der Waals surface area (Å²) in [6, 6.07) is 0. The highest BCUT2D eigenvalue weighted by atomic mass is 14.9. The summed E-state index contributed by atoms with van der Waals surface area (Å²) in [6.45, 7) is 16.2. The SMILES string of the molecule is CB(NC(C)(C)C)C(C)(C)C. The van der Waals surface area contributed by atoms with E-state index in [4.69, 9.17) is 0 Å². The zero-order chi connectivity index (χ0) is 9.28. The Labute approximate surface area is 72.1 Å². The first-order valence-electron chi connectivity index (χ1n) is 4.40. The van der Waals surface area contributed by atoms with Crippen molar-refractivity contribution in [1.29, 1.82) is 0 Å². The van der Waals surface area contributed by atoms with Gasteiger partial charge in [-0.1, -0.05) is 27.6 Å². The molecule has 0 rings (SSSR count). The second-order valence-electron chi connectivity index (χ2n) is 5.48. The molecule has 0 aromatic rings. The molecule has 66 valence electrons. The van der Waals surface area contributed by atoms with Crippen LogP contribution in [0.25, 0.3) is 0 Å². The largest absolute Gasteiger partial charge is 0.351 e. The van der Waals surface area contributed by atoms with Crippen LogP contribution in [0, 0.1) is 0 Å². The van der Waals surface area contributed by atoms with E-state index in [0.29, 0.717) is 12.2 Å². The Morgan fingerprint density at radius 3 is 1.36 bits per heavy atom. The predicted octanol–water partition coefficient (Wildman–Crippen LogP) is 2.80. The normalized spacial score (nSPS) is 13.4. The summed E-state index contributed by atoms with van der Waals surface area (Å²) in [4.78, 5) is 0. The zero-order valence-corrected chi connectivity index (χ0v) is 9.08. The van der Waals surface area contributed by atoms with Crippen molar-refractivity contribution in [2.45, 2.75) is 59.2 Å².